The number of hydrogen-bond acceptors (Lipinski definition) is 7. The lowest BCUT2D eigenvalue weighted by Gasteiger charge is -2.35. The van der Waals surface area contributed by atoms with Gasteiger partial charge in [-0.25, -0.2) is 22.7 Å². The molecule has 176 valence electrons. The number of H-pyrrole nitrogens is 1. The van der Waals surface area contributed by atoms with Gasteiger partial charge in [0.1, 0.15) is 17.8 Å². The van der Waals surface area contributed by atoms with E-state index < -0.39 is 10.0 Å². The molecule has 3 aromatic rings. The molecule has 1 saturated carbocycles. The molecule has 5 rings (SSSR count). The zero-order valence-corrected chi connectivity index (χ0v) is 19.8. The average molecular weight is 470 g/mol. The van der Waals surface area contributed by atoms with E-state index in [9.17, 15) is 8.42 Å². The van der Waals surface area contributed by atoms with Gasteiger partial charge in [-0.15, -0.1) is 0 Å². The van der Waals surface area contributed by atoms with Crippen LogP contribution in [-0.2, 0) is 16.4 Å². The van der Waals surface area contributed by atoms with Crippen molar-refractivity contribution in [1.82, 2.24) is 29.2 Å². The van der Waals surface area contributed by atoms with Crippen molar-refractivity contribution in [3.63, 3.8) is 0 Å². The summed E-state index contributed by atoms with van der Waals surface area (Å²) in [6.07, 6.45) is 14.1. The van der Waals surface area contributed by atoms with E-state index >= 15 is 0 Å². The molecule has 1 aliphatic heterocycles. The molecule has 3 aromatic heterocycles. The van der Waals surface area contributed by atoms with Crippen molar-refractivity contribution in [2.24, 2.45) is 11.8 Å². The number of fused-ring (bicyclic) bond motifs is 1. The minimum atomic E-state index is -3.24. The Morgan fingerprint density at radius 3 is 2.73 bits per heavy atom. The maximum Gasteiger partial charge on any atom is 0.214 e. The Bertz CT molecular complexity index is 1180. The topological polar surface area (TPSA) is 108 Å². The lowest BCUT2D eigenvalue weighted by Crippen LogP contribution is -2.39. The average Bonchev–Trinajstić information content (AvgIpc) is 3.49. The van der Waals surface area contributed by atoms with Crippen molar-refractivity contribution in [3.8, 4) is 0 Å². The molecule has 2 aliphatic rings. The molecule has 0 aromatic carbocycles. The normalized spacial score (nSPS) is 24.3. The zero-order chi connectivity index (χ0) is 22.8. The van der Waals surface area contributed by atoms with Gasteiger partial charge in [0.25, 0.3) is 0 Å². The summed E-state index contributed by atoms with van der Waals surface area (Å²) in [5.74, 6) is 1.73. The number of aromatic nitrogens is 5. The fraction of sp³-hybridized carbons (Fsp3) is 0.565. The van der Waals surface area contributed by atoms with Crippen LogP contribution < -0.4 is 4.90 Å². The van der Waals surface area contributed by atoms with Crippen molar-refractivity contribution in [2.45, 2.75) is 44.6 Å². The minimum absolute atomic E-state index is 0.219. The zero-order valence-electron chi connectivity index (χ0n) is 19.0. The van der Waals surface area contributed by atoms with Gasteiger partial charge < -0.3 is 9.88 Å². The first-order valence-electron chi connectivity index (χ1n) is 11.7. The van der Waals surface area contributed by atoms with E-state index in [2.05, 4.69) is 36.9 Å². The predicted octanol–water partition coefficient (Wildman–Crippen LogP) is 2.64. The van der Waals surface area contributed by atoms with Gasteiger partial charge >= 0.3 is 0 Å². The smallest absolute Gasteiger partial charge is 0.214 e. The van der Waals surface area contributed by atoms with Crippen molar-refractivity contribution < 1.29 is 8.42 Å². The van der Waals surface area contributed by atoms with E-state index in [-0.39, 0.29) is 11.7 Å². The Morgan fingerprint density at radius 1 is 1.09 bits per heavy atom. The Balaban J connectivity index is 1.14. The van der Waals surface area contributed by atoms with Crippen LogP contribution in [-0.4, -0.2) is 69.6 Å². The fourth-order valence-electron chi connectivity index (χ4n) is 5.36. The standard InChI is InChI=1S/C23H31N7O2S/c1-29(23-21-6-8-26-22(21)27-16-28-23)20-4-2-17(3-5-20)15-33(31,32)30-11-7-18(14-30)12-19-13-24-9-10-25-19/h6,8-10,13,16-18,20H,2-5,7,11-12,14-15H2,1H3,(H,26,27,28)/t17?,18-,20?/m1/s1. The van der Waals surface area contributed by atoms with E-state index in [1.807, 2.05) is 12.3 Å². The Kier molecular flexibility index (Phi) is 6.29. The molecule has 9 nitrogen and oxygen atoms in total. The highest BCUT2D eigenvalue weighted by Crippen LogP contribution is 2.33. The van der Waals surface area contributed by atoms with Crippen LogP contribution in [0, 0.1) is 11.8 Å². The SMILES string of the molecule is CN(c1ncnc2[nH]ccc12)C1CCC(CS(=O)(=O)N2CC[C@H](Cc3cnccn3)C2)CC1. The van der Waals surface area contributed by atoms with Gasteiger partial charge in [-0.3, -0.25) is 9.97 Å². The first-order valence-corrected chi connectivity index (χ1v) is 13.3. The molecule has 1 N–H and O–H groups in total. The summed E-state index contributed by atoms with van der Waals surface area (Å²) in [6.45, 7) is 1.21. The number of sulfonamides is 1. The van der Waals surface area contributed by atoms with Crippen LogP contribution in [0.4, 0.5) is 5.82 Å². The van der Waals surface area contributed by atoms with Crippen LogP contribution in [0.25, 0.3) is 11.0 Å². The largest absolute Gasteiger partial charge is 0.356 e. The molecule has 0 radical (unpaired) electrons. The molecule has 10 heteroatoms. The molecule has 1 aliphatic carbocycles. The summed E-state index contributed by atoms with van der Waals surface area (Å²) in [7, 11) is -1.16. The fourth-order valence-corrected chi connectivity index (χ4v) is 7.32. The first kappa shape index (κ1) is 22.2. The second-order valence-corrected chi connectivity index (χ2v) is 11.4. The van der Waals surface area contributed by atoms with E-state index in [1.165, 1.54) is 0 Å². The third-order valence-electron chi connectivity index (χ3n) is 7.23. The van der Waals surface area contributed by atoms with E-state index in [0.29, 0.717) is 25.0 Å². The van der Waals surface area contributed by atoms with Crippen molar-refractivity contribution >= 4 is 26.9 Å². The van der Waals surface area contributed by atoms with Gasteiger partial charge in [0, 0.05) is 51.0 Å². The lowest BCUT2D eigenvalue weighted by atomic mass is 9.86. The summed E-state index contributed by atoms with van der Waals surface area (Å²) >= 11 is 0. The van der Waals surface area contributed by atoms with Gasteiger partial charge in [0.2, 0.25) is 10.0 Å². The lowest BCUT2D eigenvalue weighted by molar-refractivity contribution is 0.335. The van der Waals surface area contributed by atoms with Gasteiger partial charge in [0.15, 0.2) is 0 Å². The maximum atomic E-state index is 13.1. The molecule has 2 fully saturated rings. The van der Waals surface area contributed by atoms with Crippen molar-refractivity contribution in [3.05, 3.63) is 42.9 Å². The van der Waals surface area contributed by atoms with Crippen LogP contribution in [0.15, 0.2) is 37.2 Å². The number of hydrogen-bond donors (Lipinski definition) is 1. The summed E-state index contributed by atoms with van der Waals surface area (Å²) < 4.78 is 27.9. The van der Waals surface area contributed by atoms with Gasteiger partial charge in [0.05, 0.1) is 16.8 Å². The highest BCUT2D eigenvalue weighted by atomic mass is 32.2. The number of nitrogens with zero attached hydrogens (tertiary/aromatic N) is 6. The Labute approximate surface area is 194 Å². The predicted molar refractivity (Wildman–Crippen MR) is 127 cm³/mol. The quantitative estimate of drug-likeness (QED) is 0.567. The molecule has 1 saturated heterocycles. The summed E-state index contributed by atoms with van der Waals surface area (Å²) in [4.78, 5) is 22.6. The van der Waals surface area contributed by atoms with Crippen molar-refractivity contribution in [1.29, 1.82) is 0 Å². The third kappa shape index (κ3) is 4.86. The summed E-state index contributed by atoms with van der Waals surface area (Å²) in [6, 6.07) is 2.37. The second-order valence-electron chi connectivity index (χ2n) is 9.41. The molecule has 33 heavy (non-hydrogen) atoms. The monoisotopic (exact) mass is 469 g/mol. The van der Waals surface area contributed by atoms with Gasteiger partial charge in [-0.05, 0) is 56.4 Å². The van der Waals surface area contributed by atoms with Gasteiger partial charge in [-0.1, -0.05) is 0 Å². The minimum Gasteiger partial charge on any atom is -0.356 e. The highest BCUT2D eigenvalue weighted by Gasteiger charge is 2.35. The molecule has 0 unspecified atom stereocenters. The molecule has 0 bridgehead atoms. The summed E-state index contributed by atoms with van der Waals surface area (Å²) in [5, 5.41) is 1.02. The van der Waals surface area contributed by atoms with Crippen LogP contribution in [0.2, 0.25) is 0 Å². The number of anilines is 1. The van der Waals surface area contributed by atoms with E-state index in [4.69, 9.17) is 0 Å². The Morgan fingerprint density at radius 2 is 1.94 bits per heavy atom. The van der Waals surface area contributed by atoms with Gasteiger partial charge in [-0.2, -0.15) is 0 Å². The highest BCUT2D eigenvalue weighted by molar-refractivity contribution is 7.89. The van der Waals surface area contributed by atoms with Crippen molar-refractivity contribution in [2.75, 3.05) is 30.8 Å². The molecular formula is C23H31N7O2S. The maximum absolute atomic E-state index is 13.1. The Hall–Kier alpha value is -2.59. The van der Waals surface area contributed by atoms with E-state index in [0.717, 1.165) is 61.1 Å². The van der Waals surface area contributed by atoms with E-state index in [1.54, 1.807) is 29.2 Å². The third-order valence-corrected chi connectivity index (χ3v) is 9.24. The molecular weight excluding hydrogens is 438 g/mol. The van der Waals surface area contributed by atoms with Crippen LogP contribution >= 0.6 is 0 Å². The van der Waals surface area contributed by atoms with Crippen LogP contribution in [0.5, 0.6) is 0 Å². The van der Waals surface area contributed by atoms with Crippen LogP contribution in [0.3, 0.4) is 0 Å². The number of nitrogens with one attached hydrogen (secondary N) is 1. The second kappa shape index (κ2) is 9.34. The summed E-state index contributed by atoms with van der Waals surface area (Å²) in [5.41, 5.74) is 1.78. The molecule has 1 atom stereocenters. The molecule has 0 spiro atoms. The van der Waals surface area contributed by atoms with Crippen LogP contribution in [0.1, 0.15) is 37.8 Å². The number of rotatable bonds is 7. The molecule has 4 heterocycles. The first-order chi connectivity index (χ1) is 16.0. The molecule has 0 amide bonds. The number of aromatic amines is 1.